The molecule has 1 heterocycles. The van der Waals surface area contributed by atoms with Gasteiger partial charge in [-0.05, 0) is 82.1 Å². The normalized spacial score (nSPS) is 28.6. The number of ether oxygens (including phenoxy) is 2. The minimum absolute atomic E-state index is 0.0123. The smallest absolute Gasteiger partial charge is 0.405 e. The molecule has 37 heavy (non-hydrogen) atoms. The molecule has 4 fully saturated rings. The highest BCUT2D eigenvalue weighted by Gasteiger charge is 2.57. The predicted octanol–water partition coefficient (Wildman–Crippen LogP) is 2.87. The van der Waals surface area contributed by atoms with E-state index in [-0.39, 0.29) is 36.3 Å². The van der Waals surface area contributed by atoms with Crippen LogP contribution in [-0.4, -0.2) is 58.6 Å². The van der Waals surface area contributed by atoms with Crippen molar-refractivity contribution < 1.29 is 23.9 Å². The number of methoxy groups -OCH3 is 1. The summed E-state index contributed by atoms with van der Waals surface area (Å²) in [7, 11) is 1.48. The fraction of sp³-hybridized carbons (Fsp3) is 0.704. The third-order valence-electron chi connectivity index (χ3n) is 7.95. The van der Waals surface area contributed by atoms with Gasteiger partial charge in [0.1, 0.15) is 12.2 Å². The summed E-state index contributed by atoms with van der Waals surface area (Å²) in [6.45, 7) is 7.97. The summed E-state index contributed by atoms with van der Waals surface area (Å²) in [5.74, 6) is 1.05. The number of nitrogens with two attached hydrogens (primary N) is 1. The highest BCUT2D eigenvalue weighted by atomic mass is 16.6. The van der Waals surface area contributed by atoms with Crippen molar-refractivity contribution in [3.63, 3.8) is 0 Å². The Balaban J connectivity index is 1.50. The van der Waals surface area contributed by atoms with Crippen LogP contribution in [0, 0.1) is 23.7 Å². The maximum Gasteiger partial charge on any atom is 0.405 e. The standard InChI is InChI=1S/C27H41N5O5/c1-16(2)8-21-20(14-29-32(21)7-6-26(3,4)31-22(33)15-36-5)24(34)30-23-18-9-17-10-19(23)13-27(11-17,12-18)37-25(28)35/h6-7,14,16-19,23H,8-13,15H2,1-5H3,(H2,28,35)(H,30,34)(H,31,33). The number of aromatic nitrogens is 2. The van der Waals surface area contributed by atoms with Crippen LogP contribution in [0.5, 0.6) is 0 Å². The lowest BCUT2D eigenvalue weighted by Gasteiger charge is -2.58. The minimum Gasteiger partial charge on any atom is -0.443 e. The first kappa shape index (κ1) is 27.2. The van der Waals surface area contributed by atoms with Crippen LogP contribution in [-0.2, 0) is 20.7 Å². The van der Waals surface area contributed by atoms with E-state index in [9.17, 15) is 14.4 Å². The molecule has 3 amide bonds. The molecule has 4 aliphatic carbocycles. The minimum atomic E-state index is -0.706. The number of nitrogens with one attached hydrogen (secondary N) is 2. The summed E-state index contributed by atoms with van der Waals surface area (Å²) in [6.07, 6.45) is 9.71. The SMILES string of the molecule is COCC(=O)NC(C)(C)C=Cn1ncc(C(=O)NC2C3CC4CC2CC(OC(N)=O)(C4)C3)c1CC(C)C. The van der Waals surface area contributed by atoms with E-state index < -0.39 is 17.2 Å². The molecule has 4 N–H and O–H groups in total. The number of carbonyl (C=O) groups is 3. The van der Waals surface area contributed by atoms with Crippen molar-refractivity contribution in [1.29, 1.82) is 0 Å². The maximum atomic E-state index is 13.6. The fourth-order valence-corrected chi connectivity index (χ4v) is 6.87. The van der Waals surface area contributed by atoms with Gasteiger partial charge in [0.2, 0.25) is 5.91 Å². The number of primary amides is 1. The molecule has 4 saturated carbocycles. The Morgan fingerprint density at radius 1 is 1.24 bits per heavy atom. The summed E-state index contributed by atoms with van der Waals surface area (Å²) in [5.41, 5.74) is 5.69. The van der Waals surface area contributed by atoms with Gasteiger partial charge in [-0.15, -0.1) is 0 Å². The van der Waals surface area contributed by atoms with Crippen LogP contribution in [0.15, 0.2) is 12.3 Å². The fourth-order valence-electron chi connectivity index (χ4n) is 6.87. The molecule has 0 aromatic carbocycles. The van der Waals surface area contributed by atoms with E-state index in [4.69, 9.17) is 15.2 Å². The molecule has 10 heteroatoms. The zero-order chi connectivity index (χ0) is 27.0. The van der Waals surface area contributed by atoms with Gasteiger partial charge in [-0.1, -0.05) is 13.8 Å². The molecule has 4 aliphatic rings. The molecule has 2 atom stereocenters. The van der Waals surface area contributed by atoms with Crippen molar-refractivity contribution in [3.05, 3.63) is 23.5 Å². The van der Waals surface area contributed by atoms with Gasteiger partial charge in [0, 0.05) is 19.4 Å². The third-order valence-corrected chi connectivity index (χ3v) is 7.95. The molecular formula is C27H41N5O5. The number of rotatable bonds is 10. The van der Waals surface area contributed by atoms with E-state index in [0.29, 0.717) is 23.8 Å². The van der Waals surface area contributed by atoms with Gasteiger partial charge in [-0.25, -0.2) is 9.48 Å². The van der Waals surface area contributed by atoms with Crippen LogP contribution in [0.1, 0.15) is 75.9 Å². The summed E-state index contributed by atoms with van der Waals surface area (Å²) in [4.78, 5) is 37.1. The van der Waals surface area contributed by atoms with Crippen molar-refractivity contribution in [2.75, 3.05) is 13.7 Å². The predicted molar refractivity (Wildman–Crippen MR) is 138 cm³/mol. The largest absolute Gasteiger partial charge is 0.443 e. The second-order valence-corrected chi connectivity index (χ2v) is 12.1. The lowest BCUT2D eigenvalue weighted by molar-refractivity contribution is -0.137. The summed E-state index contributed by atoms with van der Waals surface area (Å²) >= 11 is 0. The Morgan fingerprint density at radius 2 is 1.92 bits per heavy atom. The summed E-state index contributed by atoms with van der Waals surface area (Å²) in [5, 5.41) is 10.7. The first-order chi connectivity index (χ1) is 17.4. The average molecular weight is 516 g/mol. The first-order valence-corrected chi connectivity index (χ1v) is 13.3. The summed E-state index contributed by atoms with van der Waals surface area (Å²) < 4.78 is 12.2. The molecule has 2 unspecified atom stereocenters. The Labute approximate surface area is 218 Å². The van der Waals surface area contributed by atoms with Crippen LogP contribution in [0.3, 0.4) is 0 Å². The van der Waals surface area contributed by atoms with Gasteiger partial charge in [-0.2, -0.15) is 5.10 Å². The van der Waals surface area contributed by atoms with Crippen LogP contribution in [0.25, 0.3) is 6.20 Å². The molecule has 1 aromatic heterocycles. The number of hydrogen-bond donors (Lipinski definition) is 3. The lowest BCUT2D eigenvalue weighted by atomic mass is 9.52. The van der Waals surface area contributed by atoms with Crippen molar-refractivity contribution >= 4 is 24.1 Å². The highest BCUT2D eigenvalue weighted by molar-refractivity contribution is 5.95. The van der Waals surface area contributed by atoms with E-state index in [1.807, 2.05) is 19.9 Å². The van der Waals surface area contributed by atoms with Crippen LogP contribution >= 0.6 is 0 Å². The van der Waals surface area contributed by atoms with E-state index >= 15 is 0 Å². The number of carbonyl (C=O) groups excluding carboxylic acids is 3. The van der Waals surface area contributed by atoms with Gasteiger partial charge in [0.15, 0.2) is 0 Å². The lowest BCUT2D eigenvalue weighted by Crippen LogP contribution is -2.63. The molecule has 0 aliphatic heterocycles. The van der Waals surface area contributed by atoms with Crippen LogP contribution in [0.4, 0.5) is 4.79 Å². The van der Waals surface area contributed by atoms with Gasteiger partial charge >= 0.3 is 6.09 Å². The van der Waals surface area contributed by atoms with Gasteiger partial charge in [0.05, 0.1) is 23.0 Å². The topological polar surface area (TPSA) is 138 Å². The maximum absolute atomic E-state index is 13.6. The Bertz CT molecular complexity index is 1050. The van der Waals surface area contributed by atoms with Crippen molar-refractivity contribution in [3.8, 4) is 0 Å². The number of amides is 3. The molecule has 1 aromatic rings. The number of hydrogen-bond acceptors (Lipinski definition) is 6. The third kappa shape index (κ3) is 6.17. The van der Waals surface area contributed by atoms with Gasteiger partial charge < -0.3 is 25.8 Å². The van der Waals surface area contributed by atoms with Crippen LogP contribution in [0.2, 0.25) is 0 Å². The Hall–Kier alpha value is -2.88. The molecule has 5 rings (SSSR count). The Morgan fingerprint density at radius 3 is 2.51 bits per heavy atom. The molecule has 204 valence electrons. The second kappa shape index (κ2) is 10.5. The molecule has 4 bridgehead atoms. The molecule has 0 spiro atoms. The van der Waals surface area contributed by atoms with E-state index in [2.05, 4.69) is 29.6 Å². The molecule has 0 saturated heterocycles. The molecular weight excluding hydrogens is 474 g/mol. The van der Waals surface area contributed by atoms with Gasteiger partial charge in [-0.3, -0.25) is 9.59 Å². The first-order valence-electron chi connectivity index (χ1n) is 13.3. The monoisotopic (exact) mass is 515 g/mol. The summed E-state index contributed by atoms with van der Waals surface area (Å²) in [6, 6.07) is 0.0503. The zero-order valence-electron chi connectivity index (χ0n) is 22.6. The van der Waals surface area contributed by atoms with Crippen LogP contribution < -0.4 is 16.4 Å². The average Bonchev–Trinajstić information content (AvgIpc) is 3.15. The van der Waals surface area contributed by atoms with E-state index in [1.165, 1.54) is 7.11 Å². The highest BCUT2D eigenvalue weighted by Crippen LogP contribution is 2.57. The van der Waals surface area contributed by atoms with Crippen molar-refractivity contribution in [2.24, 2.45) is 29.4 Å². The van der Waals surface area contributed by atoms with Crippen molar-refractivity contribution in [1.82, 2.24) is 20.4 Å². The second-order valence-electron chi connectivity index (χ2n) is 12.1. The van der Waals surface area contributed by atoms with Gasteiger partial charge in [0.25, 0.3) is 5.91 Å². The quantitative estimate of drug-likeness (QED) is 0.438. The molecule has 10 nitrogen and oxygen atoms in total. The van der Waals surface area contributed by atoms with E-state index in [0.717, 1.165) is 37.8 Å². The Kier molecular flexibility index (Phi) is 7.69. The zero-order valence-corrected chi connectivity index (χ0v) is 22.6. The van der Waals surface area contributed by atoms with E-state index in [1.54, 1.807) is 17.1 Å². The molecule has 0 radical (unpaired) electrons. The number of nitrogens with zero attached hydrogens (tertiary/aromatic N) is 2. The van der Waals surface area contributed by atoms with Crippen molar-refractivity contribution in [2.45, 2.75) is 83.4 Å².